The molecule has 0 fully saturated rings. The first-order valence-corrected chi connectivity index (χ1v) is 3.45. The van der Waals surface area contributed by atoms with E-state index in [4.69, 9.17) is 12.2 Å². The number of allylic oxidation sites excluding steroid dienone is 2. The first-order valence-electron chi connectivity index (χ1n) is 3.45. The maximum atomic E-state index is 5.65. The van der Waals surface area contributed by atoms with Gasteiger partial charge in [0.1, 0.15) is 0 Å². The lowest BCUT2D eigenvalue weighted by Crippen LogP contribution is -2.12. The molecule has 0 heterocycles. The molecule has 2 heteroatoms. The van der Waals surface area contributed by atoms with Crippen LogP contribution in [0.2, 0.25) is 0 Å². The van der Waals surface area contributed by atoms with Gasteiger partial charge in [0.05, 0.1) is 0 Å². The third-order valence-electron chi connectivity index (χ3n) is 1.29. The molecule has 0 unspecified atom stereocenters. The van der Waals surface area contributed by atoms with Crippen LogP contribution in [0.5, 0.6) is 0 Å². The molecule has 0 bridgehead atoms. The van der Waals surface area contributed by atoms with Crippen molar-refractivity contribution >= 4 is 0 Å². The Morgan fingerprint density at radius 1 is 1.73 bits per heavy atom. The van der Waals surface area contributed by atoms with Crippen LogP contribution in [0.25, 0.3) is 0 Å². The molecule has 0 saturated heterocycles. The average molecular weight is 150 g/mol. The Morgan fingerprint density at radius 3 is 2.82 bits per heavy atom. The van der Waals surface area contributed by atoms with Gasteiger partial charge in [-0.1, -0.05) is 5.92 Å². The fraction of sp³-hybridized carbons (Fsp3) is 0.333. The summed E-state index contributed by atoms with van der Waals surface area (Å²) in [7, 11) is 1.88. The molecule has 60 valence electrons. The third-order valence-corrected chi connectivity index (χ3v) is 1.29. The molecule has 0 atom stereocenters. The highest BCUT2D eigenvalue weighted by molar-refractivity contribution is 5.26. The van der Waals surface area contributed by atoms with Gasteiger partial charge in [0.15, 0.2) is 0 Å². The largest absolute Gasteiger partial charge is 0.399 e. The number of hydrogen-bond acceptors (Lipinski definition) is 2. The van der Waals surface area contributed by atoms with Crippen LogP contribution in [0, 0.1) is 12.3 Å². The SMILES string of the molecule is C#C/C=C\C(N)=C(/C)CNC. The van der Waals surface area contributed by atoms with Crippen LogP contribution in [-0.4, -0.2) is 13.6 Å². The van der Waals surface area contributed by atoms with Gasteiger partial charge in [0, 0.05) is 12.2 Å². The Balaban J connectivity index is 4.18. The van der Waals surface area contributed by atoms with E-state index in [0.29, 0.717) is 0 Å². The molecule has 0 amide bonds. The Hall–Kier alpha value is -1.20. The lowest BCUT2D eigenvalue weighted by molar-refractivity contribution is 0.871. The van der Waals surface area contributed by atoms with Crippen LogP contribution in [0.4, 0.5) is 0 Å². The highest BCUT2D eigenvalue weighted by Crippen LogP contribution is 1.96. The second-order valence-electron chi connectivity index (χ2n) is 2.27. The van der Waals surface area contributed by atoms with Crippen LogP contribution < -0.4 is 11.1 Å². The number of rotatable bonds is 3. The normalized spacial score (nSPS) is 12.8. The van der Waals surface area contributed by atoms with E-state index in [1.165, 1.54) is 0 Å². The number of nitrogens with two attached hydrogens (primary N) is 1. The van der Waals surface area contributed by atoms with Gasteiger partial charge in [-0.05, 0) is 31.7 Å². The molecule has 0 saturated carbocycles. The summed E-state index contributed by atoms with van der Waals surface area (Å²) in [6.07, 6.45) is 8.34. The first-order chi connectivity index (χ1) is 5.22. The zero-order chi connectivity index (χ0) is 8.69. The summed E-state index contributed by atoms with van der Waals surface area (Å²) >= 11 is 0. The zero-order valence-electron chi connectivity index (χ0n) is 7.02. The standard InChI is InChI=1S/C9H14N2/c1-4-5-6-9(10)8(2)7-11-3/h1,5-6,11H,7,10H2,2-3H3/b6-5-,9-8-. The van der Waals surface area contributed by atoms with Crippen molar-refractivity contribution in [2.45, 2.75) is 6.92 Å². The van der Waals surface area contributed by atoms with Crippen molar-refractivity contribution in [3.8, 4) is 12.3 Å². The van der Waals surface area contributed by atoms with Crippen LogP contribution in [0.15, 0.2) is 23.4 Å². The lowest BCUT2D eigenvalue weighted by atomic mass is 10.2. The van der Waals surface area contributed by atoms with Crippen LogP contribution >= 0.6 is 0 Å². The fourth-order valence-corrected chi connectivity index (χ4v) is 0.647. The van der Waals surface area contributed by atoms with Gasteiger partial charge in [0.25, 0.3) is 0 Å². The first kappa shape index (κ1) is 9.80. The molecule has 0 rings (SSSR count). The molecule has 2 nitrogen and oxygen atoms in total. The second-order valence-corrected chi connectivity index (χ2v) is 2.27. The molecule has 0 aromatic heterocycles. The molecular formula is C9H14N2. The predicted octanol–water partition coefficient (Wildman–Crippen LogP) is 0.628. The van der Waals surface area contributed by atoms with E-state index in [9.17, 15) is 0 Å². The predicted molar refractivity (Wildman–Crippen MR) is 48.8 cm³/mol. The van der Waals surface area contributed by atoms with E-state index in [1.54, 1.807) is 12.2 Å². The van der Waals surface area contributed by atoms with Gasteiger partial charge >= 0.3 is 0 Å². The van der Waals surface area contributed by atoms with Crippen molar-refractivity contribution in [1.29, 1.82) is 0 Å². The summed E-state index contributed by atoms with van der Waals surface area (Å²) in [5.74, 6) is 2.38. The smallest absolute Gasteiger partial charge is 0.0322 e. The molecule has 0 spiro atoms. The monoisotopic (exact) mass is 150 g/mol. The Kier molecular flexibility index (Phi) is 4.97. The Morgan fingerprint density at radius 2 is 2.36 bits per heavy atom. The maximum absolute atomic E-state index is 5.65. The summed E-state index contributed by atoms with van der Waals surface area (Å²) in [5, 5.41) is 3.00. The van der Waals surface area contributed by atoms with Crippen molar-refractivity contribution in [1.82, 2.24) is 5.32 Å². The summed E-state index contributed by atoms with van der Waals surface area (Å²) in [4.78, 5) is 0. The van der Waals surface area contributed by atoms with Gasteiger partial charge < -0.3 is 11.1 Å². The fourth-order valence-electron chi connectivity index (χ4n) is 0.647. The number of hydrogen-bond donors (Lipinski definition) is 2. The molecule has 0 aliphatic heterocycles. The summed E-state index contributed by atoms with van der Waals surface area (Å²) in [5.41, 5.74) is 7.48. The number of likely N-dealkylation sites (N-methyl/N-ethyl adjacent to an activating group) is 1. The van der Waals surface area contributed by atoms with Crippen LogP contribution in [-0.2, 0) is 0 Å². The van der Waals surface area contributed by atoms with Crippen molar-refractivity contribution in [2.24, 2.45) is 5.73 Å². The average Bonchev–Trinajstić information content (AvgIpc) is 2.00. The third kappa shape index (κ3) is 4.24. The molecule has 0 aliphatic carbocycles. The summed E-state index contributed by atoms with van der Waals surface area (Å²) < 4.78 is 0. The topological polar surface area (TPSA) is 38.0 Å². The Labute approximate surface area is 68.2 Å². The van der Waals surface area contributed by atoms with E-state index in [-0.39, 0.29) is 0 Å². The lowest BCUT2D eigenvalue weighted by Gasteiger charge is -2.01. The quantitative estimate of drug-likeness (QED) is 0.457. The minimum atomic E-state index is 0.734. The van der Waals surface area contributed by atoms with Gasteiger partial charge in [0.2, 0.25) is 0 Å². The van der Waals surface area contributed by atoms with Crippen LogP contribution in [0.3, 0.4) is 0 Å². The number of terminal acetylenes is 1. The van der Waals surface area contributed by atoms with Gasteiger partial charge in [-0.2, -0.15) is 0 Å². The molecular weight excluding hydrogens is 136 g/mol. The molecule has 0 aromatic carbocycles. The molecule has 0 radical (unpaired) electrons. The van der Waals surface area contributed by atoms with Crippen molar-refractivity contribution in [2.75, 3.05) is 13.6 Å². The number of nitrogens with one attached hydrogen (secondary N) is 1. The molecule has 0 aromatic rings. The van der Waals surface area contributed by atoms with Crippen LogP contribution in [0.1, 0.15) is 6.92 Å². The van der Waals surface area contributed by atoms with E-state index in [0.717, 1.165) is 17.8 Å². The van der Waals surface area contributed by atoms with E-state index >= 15 is 0 Å². The van der Waals surface area contributed by atoms with Gasteiger partial charge in [-0.15, -0.1) is 6.42 Å². The van der Waals surface area contributed by atoms with Gasteiger partial charge in [-0.25, -0.2) is 0 Å². The molecule has 11 heavy (non-hydrogen) atoms. The Bertz CT molecular complexity index is 206. The summed E-state index contributed by atoms with van der Waals surface area (Å²) in [6.45, 7) is 2.76. The minimum absolute atomic E-state index is 0.734. The van der Waals surface area contributed by atoms with E-state index in [1.807, 2.05) is 14.0 Å². The zero-order valence-corrected chi connectivity index (χ0v) is 7.02. The van der Waals surface area contributed by atoms with Crippen molar-refractivity contribution < 1.29 is 0 Å². The highest BCUT2D eigenvalue weighted by Gasteiger charge is 1.90. The summed E-state index contributed by atoms with van der Waals surface area (Å²) in [6, 6.07) is 0. The van der Waals surface area contributed by atoms with Crippen molar-refractivity contribution in [3.05, 3.63) is 23.4 Å². The second kappa shape index (κ2) is 5.57. The van der Waals surface area contributed by atoms with E-state index in [2.05, 4.69) is 11.2 Å². The maximum Gasteiger partial charge on any atom is 0.0322 e. The minimum Gasteiger partial charge on any atom is -0.399 e. The van der Waals surface area contributed by atoms with Gasteiger partial charge in [-0.3, -0.25) is 0 Å². The van der Waals surface area contributed by atoms with E-state index < -0.39 is 0 Å². The van der Waals surface area contributed by atoms with Crippen molar-refractivity contribution in [3.63, 3.8) is 0 Å². The highest BCUT2D eigenvalue weighted by atomic mass is 14.8. The molecule has 3 N–H and O–H groups in total. The molecule has 0 aliphatic rings.